The molecular weight excluding hydrogens is 368 g/mol. The lowest BCUT2D eigenvalue weighted by molar-refractivity contribution is 0.106. The number of ether oxygens (including phenoxy) is 1. The average molecular weight is 395 g/mol. The Morgan fingerprint density at radius 1 is 1.28 bits per heavy atom. The van der Waals surface area contributed by atoms with Gasteiger partial charge in [-0.3, -0.25) is 4.68 Å². The van der Waals surface area contributed by atoms with Gasteiger partial charge in [-0.05, 0) is 38.3 Å². The third kappa shape index (κ3) is 3.67. The van der Waals surface area contributed by atoms with E-state index in [1.807, 2.05) is 0 Å². The second-order valence-corrected chi connectivity index (χ2v) is 8.03. The van der Waals surface area contributed by atoms with Crippen molar-refractivity contribution >= 4 is 0 Å². The molecule has 8 nitrogen and oxygen atoms in total. The number of aryl methyl sites for hydroxylation is 1. The molecule has 1 aliphatic heterocycles. The van der Waals surface area contributed by atoms with Gasteiger partial charge in [0.15, 0.2) is 0 Å². The lowest BCUT2D eigenvalue weighted by Gasteiger charge is -2.34. The summed E-state index contributed by atoms with van der Waals surface area (Å²) in [5.74, 6) is 0.367. The summed E-state index contributed by atoms with van der Waals surface area (Å²) in [5.41, 5.74) is 2.02. The zero-order chi connectivity index (χ0) is 22.5. The normalized spacial score (nSPS) is 24.5. The first-order valence-electron chi connectivity index (χ1n) is 11.2. The number of pyridine rings is 1. The Balaban J connectivity index is 1.30. The molecule has 0 unspecified atom stereocenters. The molecule has 1 saturated heterocycles. The van der Waals surface area contributed by atoms with Crippen molar-refractivity contribution in [3.05, 3.63) is 36.8 Å². The Morgan fingerprint density at radius 2 is 2.17 bits per heavy atom. The Hall–Kier alpha value is -3.00. The molecule has 3 aromatic heterocycles. The van der Waals surface area contributed by atoms with Gasteiger partial charge in [0, 0.05) is 58.7 Å². The molecule has 2 aliphatic rings. The molecule has 1 spiro atoms. The van der Waals surface area contributed by atoms with Crippen LogP contribution in [0.3, 0.4) is 0 Å². The lowest BCUT2D eigenvalue weighted by atomic mass is 9.95. The molecule has 2 atom stereocenters. The Kier molecular flexibility index (Phi) is 3.50. The predicted octanol–water partition coefficient (Wildman–Crippen LogP) is 2.70. The SMILES string of the molecule is [2H]C([2H])([2H])n1cc(-c2cnc(-c3ccc(O[C@@H]4C[C@@H](C)NC5(CC5)C4)nn3)c(O)c2)cn1. The summed E-state index contributed by atoms with van der Waals surface area (Å²) in [6, 6.07) is 5.37. The summed E-state index contributed by atoms with van der Waals surface area (Å²) < 4.78 is 29.2. The molecule has 0 bridgehead atoms. The van der Waals surface area contributed by atoms with Gasteiger partial charge in [-0.1, -0.05) is 0 Å². The van der Waals surface area contributed by atoms with E-state index in [1.54, 1.807) is 12.1 Å². The highest BCUT2D eigenvalue weighted by Crippen LogP contribution is 2.44. The van der Waals surface area contributed by atoms with Gasteiger partial charge < -0.3 is 15.2 Å². The summed E-state index contributed by atoms with van der Waals surface area (Å²) in [6.07, 6.45) is 8.74. The first-order valence-corrected chi connectivity index (χ1v) is 9.74. The highest BCUT2D eigenvalue weighted by atomic mass is 16.5. The lowest BCUT2D eigenvalue weighted by Crippen LogP contribution is -2.49. The Morgan fingerprint density at radius 3 is 2.86 bits per heavy atom. The van der Waals surface area contributed by atoms with Crippen LogP contribution in [0.1, 0.15) is 36.7 Å². The van der Waals surface area contributed by atoms with Crippen molar-refractivity contribution in [2.75, 3.05) is 0 Å². The number of hydrogen-bond acceptors (Lipinski definition) is 7. The maximum atomic E-state index is 10.5. The van der Waals surface area contributed by atoms with Crippen LogP contribution < -0.4 is 10.1 Å². The maximum absolute atomic E-state index is 10.5. The van der Waals surface area contributed by atoms with Crippen molar-refractivity contribution in [1.82, 2.24) is 30.3 Å². The second-order valence-electron chi connectivity index (χ2n) is 8.03. The summed E-state index contributed by atoms with van der Waals surface area (Å²) in [5, 5.41) is 26.4. The van der Waals surface area contributed by atoms with Crippen molar-refractivity contribution in [1.29, 1.82) is 0 Å². The molecule has 3 aromatic rings. The van der Waals surface area contributed by atoms with Gasteiger partial charge >= 0.3 is 0 Å². The van der Waals surface area contributed by atoms with Crippen LogP contribution in [-0.2, 0) is 6.98 Å². The molecule has 5 rings (SSSR count). The van der Waals surface area contributed by atoms with Gasteiger partial charge in [-0.15, -0.1) is 10.2 Å². The minimum absolute atomic E-state index is 0.0880. The zero-order valence-corrected chi connectivity index (χ0v) is 16.0. The molecule has 8 heteroatoms. The van der Waals surface area contributed by atoms with E-state index in [4.69, 9.17) is 8.85 Å². The minimum atomic E-state index is -2.36. The molecule has 0 radical (unpaired) electrons. The molecular formula is C21H24N6O2. The van der Waals surface area contributed by atoms with Gasteiger partial charge in [0.25, 0.3) is 0 Å². The number of nitrogens with zero attached hydrogens (tertiary/aromatic N) is 5. The minimum Gasteiger partial charge on any atom is -0.506 e. The smallest absolute Gasteiger partial charge is 0.233 e. The van der Waals surface area contributed by atoms with Crippen LogP contribution in [0.15, 0.2) is 36.8 Å². The number of aromatic nitrogens is 5. The average Bonchev–Trinajstić information content (AvgIpc) is 3.25. The van der Waals surface area contributed by atoms with E-state index in [2.05, 4.69) is 32.5 Å². The molecule has 1 saturated carbocycles. The standard InChI is InChI=1S/C21H24N6O2/c1-13-7-16(9-21(24-13)5-6-21)29-19-4-3-17(25-26-19)20-18(28)8-14(10-22-20)15-11-23-27(2)12-15/h3-4,8,10-13,16,24,28H,5-7,9H2,1-2H3/t13-,16-/m1/s1/i2D3. The van der Waals surface area contributed by atoms with E-state index in [9.17, 15) is 5.11 Å². The van der Waals surface area contributed by atoms with E-state index < -0.39 is 6.98 Å². The van der Waals surface area contributed by atoms with Gasteiger partial charge in [-0.25, -0.2) is 4.98 Å². The van der Waals surface area contributed by atoms with Crippen molar-refractivity contribution < 1.29 is 14.0 Å². The van der Waals surface area contributed by atoms with Crippen LogP contribution in [0.4, 0.5) is 0 Å². The molecule has 0 aromatic carbocycles. The van der Waals surface area contributed by atoms with Crippen LogP contribution in [0.25, 0.3) is 22.5 Å². The number of aromatic hydroxyl groups is 1. The summed E-state index contributed by atoms with van der Waals surface area (Å²) in [7, 11) is 0. The van der Waals surface area contributed by atoms with E-state index in [0.717, 1.165) is 17.5 Å². The van der Waals surface area contributed by atoms with Crippen molar-refractivity contribution in [3.8, 4) is 34.1 Å². The topological polar surface area (TPSA) is 98.0 Å². The van der Waals surface area contributed by atoms with Crippen LogP contribution in [0.2, 0.25) is 0 Å². The Bertz CT molecular complexity index is 1130. The first-order chi connectivity index (χ1) is 15.2. The maximum Gasteiger partial charge on any atom is 0.233 e. The molecule has 29 heavy (non-hydrogen) atoms. The third-order valence-corrected chi connectivity index (χ3v) is 5.59. The summed E-state index contributed by atoms with van der Waals surface area (Å²) >= 11 is 0. The van der Waals surface area contributed by atoms with Crippen molar-refractivity contribution in [2.45, 2.75) is 50.3 Å². The van der Waals surface area contributed by atoms with E-state index in [1.165, 1.54) is 37.5 Å². The highest BCUT2D eigenvalue weighted by molar-refractivity contribution is 5.69. The molecule has 4 heterocycles. The van der Waals surface area contributed by atoms with Crippen molar-refractivity contribution in [2.24, 2.45) is 6.98 Å². The number of hydrogen-bond donors (Lipinski definition) is 2. The number of rotatable bonds is 4. The fraction of sp³-hybridized carbons (Fsp3) is 0.429. The van der Waals surface area contributed by atoms with E-state index >= 15 is 0 Å². The second kappa shape index (κ2) is 6.81. The van der Waals surface area contributed by atoms with Crippen LogP contribution >= 0.6 is 0 Å². The van der Waals surface area contributed by atoms with Gasteiger partial charge in [0.05, 0.1) is 6.20 Å². The van der Waals surface area contributed by atoms with Crippen molar-refractivity contribution in [3.63, 3.8) is 0 Å². The predicted molar refractivity (Wildman–Crippen MR) is 107 cm³/mol. The van der Waals surface area contributed by atoms with Gasteiger partial charge in [0.1, 0.15) is 23.2 Å². The molecule has 2 N–H and O–H groups in total. The first kappa shape index (κ1) is 14.9. The molecule has 0 amide bonds. The molecule has 2 fully saturated rings. The zero-order valence-electron chi connectivity index (χ0n) is 19.0. The molecule has 150 valence electrons. The van der Waals surface area contributed by atoms with E-state index in [-0.39, 0.29) is 23.1 Å². The Labute approximate surface area is 173 Å². The number of nitrogens with one attached hydrogen (secondary N) is 1. The number of piperidine rings is 1. The fourth-order valence-electron chi connectivity index (χ4n) is 4.10. The monoisotopic (exact) mass is 395 g/mol. The largest absolute Gasteiger partial charge is 0.506 e. The molecule has 1 aliphatic carbocycles. The summed E-state index contributed by atoms with van der Waals surface area (Å²) in [4.78, 5) is 4.30. The fourth-order valence-corrected chi connectivity index (χ4v) is 4.10. The van der Waals surface area contributed by atoms with E-state index in [0.29, 0.717) is 28.7 Å². The van der Waals surface area contributed by atoms with Crippen LogP contribution in [0, 0.1) is 0 Å². The van der Waals surface area contributed by atoms with Gasteiger partial charge in [0.2, 0.25) is 5.88 Å². The quantitative estimate of drug-likeness (QED) is 0.701. The van der Waals surface area contributed by atoms with Crippen LogP contribution in [-0.4, -0.2) is 47.8 Å². The third-order valence-electron chi connectivity index (χ3n) is 5.59. The van der Waals surface area contributed by atoms with Gasteiger partial charge in [-0.2, -0.15) is 5.10 Å². The highest BCUT2D eigenvalue weighted by Gasteiger charge is 2.48. The van der Waals surface area contributed by atoms with Crippen LogP contribution in [0.5, 0.6) is 11.6 Å². The summed E-state index contributed by atoms with van der Waals surface area (Å²) in [6.45, 7) is -0.185.